The monoisotopic (exact) mass is 367 g/mol. The summed E-state index contributed by atoms with van der Waals surface area (Å²) in [5.41, 5.74) is 6.32. The summed E-state index contributed by atoms with van der Waals surface area (Å²) in [6, 6.07) is 9.07. The summed E-state index contributed by atoms with van der Waals surface area (Å²) in [7, 11) is 2.14. The Hall–Kier alpha value is -2.93. The zero-order valence-electron chi connectivity index (χ0n) is 15.2. The Morgan fingerprint density at radius 1 is 1.19 bits per heavy atom. The number of rotatable bonds is 3. The number of nitrogens with zero attached hydrogens (tertiary/aromatic N) is 3. The van der Waals surface area contributed by atoms with E-state index in [4.69, 9.17) is 0 Å². The molecule has 2 N–H and O–H groups in total. The van der Waals surface area contributed by atoms with Crippen molar-refractivity contribution in [3.63, 3.8) is 0 Å². The first-order chi connectivity index (χ1) is 13.1. The highest BCUT2D eigenvalue weighted by molar-refractivity contribution is 5.96. The number of amides is 2. The van der Waals surface area contributed by atoms with Crippen LogP contribution in [0.2, 0.25) is 0 Å². The third-order valence-corrected chi connectivity index (χ3v) is 5.07. The second kappa shape index (κ2) is 7.36. The fraction of sp³-hybridized carbons (Fsp3) is 0.300. The van der Waals surface area contributed by atoms with Crippen molar-refractivity contribution in [3.8, 4) is 0 Å². The Kier molecular flexibility index (Phi) is 4.77. The number of carbonyl (C=O) groups is 1. The first-order valence-corrected chi connectivity index (χ1v) is 9.08. The summed E-state index contributed by atoms with van der Waals surface area (Å²) in [6.07, 6.45) is 5.91. The van der Waals surface area contributed by atoms with E-state index in [2.05, 4.69) is 27.7 Å². The summed E-state index contributed by atoms with van der Waals surface area (Å²) in [5, 5.41) is 2.71. The van der Waals surface area contributed by atoms with Gasteiger partial charge in [-0.1, -0.05) is 0 Å². The Morgan fingerprint density at radius 3 is 2.67 bits per heavy atom. The number of nitrogens with one attached hydrogen (secondary N) is 2. The molecular formula is C20H22FN5O. The van der Waals surface area contributed by atoms with Crippen LogP contribution in [0.25, 0.3) is 11.0 Å². The van der Waals surface area contributed by atoms with Crippen LogP contribution in [0.1, 0.15) is 24.3 Å². The molecule has 0 unspecified atom stereocenters. The van der Waals surface area contributed by atoms with E-state index in [0.717, 1.165) is 37.0 Å². The molecule has 140 valence electrons. The minimum Gasteiger partial charge on any atom is -0.307 e. The summed E-state index contributed by atoms with van der Waals surface area (Å²) in [6.45, 7) is 2.12. The van der Waals surface area contributed by atoms with Gasteiger partial charge >= 0.3 is 6.03 Å². The molecule has 0 atom stereocenters. The molecule has 1 aliphatic rings. The third-order valence-electron chi connectivity index (χ3n) is 5.07. The van der Waals surface area contributed by atoms with E-state index in [1.54, 1.807) is 10.9 Å². The van der Waals surface area contributed by atoms with Crippen LogP contribution in [0.3, 0.4) is 0 Å². The molecule has 2 amide bonds. The van der Waals surface area contributed by atoms with E-state index >= 15 is 0 Å². The predicted octanol–water partition coefficient (Wildman–Crippen LogP) is 3.76. The number of benzene rings is 1. The lowest BCUT2D eigenvalue weighted by atomic mass is 9.91. The average Bonchev–Trinajstić information content (AvgIpc) is 3.03. The molecule has 0 aliphatic carbocycles. The van der Waals surface area contributed by atoms with Gasteiger partial charge in [-0.25, -0.2) is 14.6 Å². The molecule has 0 saturated carbocycles. The van der Waals surface area contributed by atoms with Gasteiger partial charge in [-0.3, -0.25) is 9.66 Å². The van der Waals surface area contributed by atoms with E-state index in [1.165, 1.54) is 29.8 Å². The molecule has 0 radical (unpaired) electrons. The molecule has 0 bridgehead atoms. The van der Waals surface area contributed by atoms with Crippen molar-refractivity contribution < 1.29 is 9.18 Å². The largest absolute Gasteiger partial charge is 0.338 e. The minimum atomic E-state index is -0.391. The second-order valence-corrected chi connectivity index (χ2v) is 6.98. The molecule has 1 fully saturated rings. The van der Waals surface area contributed by atoms with Crippen molar-refractivity contribution in [1.82, 2.24) is 14.6 Å². The lowest BCUT2D eigenvalue weighted by Gasteiger charge is -2.28. The Labute approximate surface area is 157 Å². The van der Waals surface area contributed by atoms with Gasteiger partial charge in [0.2, 0.25) is 0 Å². The fourth-order valence-electron chi connectivity index (χ4n) is 3.60. The average molecular weight is 367 g/mol. The van der Waals surface area contributed by atoms with Crippen molar-refractivity contribution in [1.29, 1.82) is 0 Å². The second-order valence-electron chi connectivity index (χ2n) is 6.98. The van der Waals surface area contributed by atoms with Gasteiger partial charge in [0.05, 0.1) is 11.0 Å². The summed E-state index contributed by atoms with van der Waals surface area (Å²) in [4.78, 5) is 19.3. The number of hydrogen-bond donors (Lipinski definition) is 2. The summed E-state index contributed by atoms with van der Waals surface area (Å²) < 4.78 is 14.7. The molecule has 0 spiro atoms. The summed E-state index contributed by atoms with van der Waals surface area (Å²) in [5.74, 6) is 0.0908. The first-order valence-electron chi connectivity index (χ1n) is 9.08. The molecular weight excluding hydrogens is 345 g/mol. The van der Waals surface area contributed by atoms with Gasteiger partial charge in [-0.2, -0.15) is 0 Å². The van der Waals surface area contributed by atoms with E-state index < -0.39 is 6.03 Å². The quantitative estimate of drug-likeness (QED) is 0.741. The van der Waals surface area contributed by atoms with Crippen LogP contribution < -0.4 is 10.7 Å². The van der Waals surface area contributed by atoms with Crippen LogP contribution in [0.5, 0.6) is 0 Å². The molecule has 6 nitrogen and oxygen atoms in total. The molecule has 27 heavy (non-hydrogen) atoms. The van der Waals surface area contributed by atoms with Crippen LogP contribution in [0, 0.1) is 5.82 Å². The predicted molar refractivity (Wildman–Crippen MR) is 104 cm³/mol. The molecule has 2 aromatic heterocycles. The molecule has 3 aromatic rings. The highest BCUT2D eigenvalue weighted by Gasteiger charge is 2.23. The highest BCUT2D eigenvalue weighted by Crippen LogP contribution is 2.32. The minimum absolute atomic E-state index is 0.341. The van der Waals surface area contributed by atoms with E-state index in [1.807, 2.05) is 18.3 Å². The van der Waals surface area contributed by atoms with Crippen LogP contribution in [0.15, 0.2) is 48.8 Å². The normalized spacial score (nSPS) is 15.8. The maximum Gasteiger partial charge on any atom is 0.338 e. The fourth-order valence-corrected chi connectivity index (χ4v) is 3.60. The number of urea groups is 1. The Bertz CT molecular complexity index is 945. The number of aromatic nitrogens is 2. The van der Waals surface area contributed by atoms with Crippen molar-refractivity contribution in [2.24, 2.45) is 0 Å². The van der Waals surface area contributed by atoms with E-state index in [-0.39, 0.29) is 5.82 Å². The van der Waals surface area contributed by atoms with Crippen molar-refractivity contribution in [2.45, 2.75) is 18.8 Å². The highest BCUT2D eigenvalue weighted by atomic mass is 19.1. The number of piperidine rings is 1. The van der Waals surface area contributed by atoms with Crippen LogP contribution >= 0.6 is 0 Å². The van der Waals surface area contributed by atoms with Crippen molar-refractivity contribution >= 4 is 22.8 Å². The van der Waals surface area contributed by atoms with Crippen molar-refractivity contribution in [3.05, 3.63) is 60.2 Å². The number of carbonyl (C=O) groups excluding carboxylic acids is 1. The molecule has 4 rings (SSSR count). The Morgan fingerprint density at radius 2 is 1.93 bits per heavy atom. The number of likely N-dealkylation sites (tertiary alicyclic amines) is 1. The molecule has 7 heteroatoms. The Balaban J connectivity index is 1.56. The molecule has 1 aromatic carbocycles. The van der Waals surface area contributed by atoms with Gasteiger partial charge in [-0.15, -0.1) is 0 Å². The maximum atomic E-state index is 13.0. The van der Waals surface area contributed by atoms with Gasteiger partial charge in [0.1, 0.15) is 5.82 Å². The van der Waals surface area contributed by atoms with Gasteiger partial charge in [0, 0.05) is 23.6 Å². The number of fused-ring (bicyclic) bond motifs is 1. The number of halogens is 1. The SMILES string of the molecule is CN1CCC(c2cn(NC(=O)Nc3ccc(F)cc3)c3cccnc23)CC1. The number of anilines is 1. The molecule has 1 saturated heterocycles. The van der Waals surface area contributed by atoms with Gasteiger partial charge in [0.15, 0.2) is 0 Å². The van der Waals surface area contributed by atoms with Gasteiger partial charge < -0.3 is 10.2 Å². The molecule has 1 aliphatic heterocycles. The zero-order valence-corrected chi connectivity index (χ0v) is 15.2. The van der Waals surface area contributed by atoms with E-state index in [9.17, 15) is 9.18 Å². The standard InChI is InChI=1S/C20H22FN5O/c1-25-11-8-14(9-12-25)17-13-26(18-3-2-10-22-19(17)18)24-20(27)23-16-6-4-15(21)5-7-16/h2-7,10,13-14H,8-9,11-12H2,1H3,(H2,23,24,27). The topological polar surface area (TPSA) is 62.2 Å². The van der Waals surface area contributed by atoms with Crippen LogP contribution in [-0.4, -0.2) is 40.7 Å². The lowest BCUT2D eigenvalue weighted by Crippen LogP contribution is -2.29. The zero-order chi connectivity index (χ0) is 18.8. The third kappa shape index (κ3) is 3.78. The van der Waals surface area contributed by atoms with Gasteiger partial charge in [0.25, 0.3) is 0 Å². The summed E-state index contributed by atoms with van der Waals surface area (Å²) >= 11 is 0. The number of hydrogen-bond acceptors (Lipinski definition) is 3. The van der Waals surface area contributed by atoms with E-state index in [0.29, 0.717) is 11.6 Å². The van der Waals surface area contributed by atoms with Crippen LogP contribution in [0.4, 0.5) is 14.9 Å². The smallest absolute Gasteiger partial charge is 0.307 e. The van der Waals surface area contributed by atoms with Gasteiger partial charge in [-0.05, 0) is 75.3 Å². The van der Waals surface area contributed by atoms with Crippen LogP contribution in [-0.2, 0) is 0 Å². The molecule has 3 heterocycles. The maximum absolute atomic E-state index is 13.0. The first kappa shape index (κ1) is 17.5. The number of pyridine rings is 1. The lowest BCUT2D eigenvalue weighted by molar-refractivity contribution is 0.255. The van der Waals surface area contributed by atoms with Crippen molar-refractivity contribution in [2.75, 3.05) is 30.9 Å².